The van der Waals surface area contributed by atoms with Crippen LogP contribution in [-0.2, 0) is 4.74 Å². The molecule has 22 heavy (non-hydrogen) atoms. The van der Waals surface area contributed by atoms with Gasteiger partial charge in [0.15, 0.2) is 0 Å². The third kappa shape index (κ3) is 2.83. The minimum Gasteiger partial charge on any atom is -0.449 e. The molecule has 2 aromatic carbocycles. The van der Waals surface area contributed by atoms with Crippen molar-refractivity contribution in [3.05, 3.63) is 59.7 Å². The van der Waals surface area contributed by atoms with Crippen LogP contribution in [0.1, 0.15) is 24.0 Å². The molecular weight excluding hydrogens is 278 g/mol. The van der Waals surface area contributed by atoms with Crippen molar-refractivity contribution in [2.24, 2.45) is 0 Å². The average molecular weight is 297 g/mol. The Morgan fingerprint density at radius 2 is 1.68 bits per heavy atom. The molecule has 4 heteroatoms. The summed E-state index contributed by atoms with van der Waals surface area (Å²) in [6.07, 6.45) is -1.08. The van der Waals surface area contributed by atoms with Gasteiger partial charge in [-0.05, 0) is 29.2 Å². The van der Waals surface area contributed by atoms with Crippen LogP contribution < -0.4 is 5.32 Å². The molecule has 1 atom stereocenters. The zero-order valence-electron chi connectivity index (χ0n) is 12.5. The van der Waals surface area contributed by atoms with Gasteiger partial charge in [0.05, 0.1) is 6.10 Å². The molecule has 0 aliphatic heterocycles. The molecule has 0 fully saturated rings. The van der Waals surface area contributed by atoms with E-state index < -0.39 is 12.2 Å². The van der Waals surface area contributed by atoms with Gasteiger partial charge in [0.2, 0.25) is 0 Å². The highest BCUT2D eigenvalue weighted by Crippen LogP contribution is 2.44. The van der Waals surface area contributed by atoms with Crippen molar-refractivity contribution in [2.45, 2.75) is 18.9 Å². The number of alkyl carbamates (subject to hydrolysis) is 1. The van der Waals surface area contributed by atoms with E-state index in [0.29, 0.717) is 6.61 Å². The van der Waals surface area contributed by atoms with Gasteiger partial charge in [-0.25, -0.2) is 4.79 Å². The fraction of sp³-hybridized carbons (Fsp3) is 0.278. The summed E-state index contributed by atoms with van der Waals surface area (Å²) < 4.78 is 5.33. The number of amides is 1. The molecule has 2 aromatic rings. The standard InChI is InChI=1S/C18H19NO3/c1-12(20)10-19-18(21)22-11-17-15-8-4-2-6-13(15)14-7-3-5-9-16(14)17/h2-9,12,17,20H,10-11H2,1H3,(H,19,21)/t12-/m1/s1. The van der Waals surface area contributed by atoms with E-state index in [4.69, 9.17) is 4.74 Å². The molecule has 0 bridgehead atoms. The first-order valence-electron chi connectivity index (χ1n) is 7.43. The lowest BCUT2D eigenvalue weighted by Crippen LogP contribution is -2.31. The molecule has 0 heterocycles. The van der Waals surface area contributed by atoms with Crippen molar-refractivity contribution >= 4 is 6.09 Å². The van der Waals surface area contributed by atoms with E-state index in [9.17, 15) is 9.90 Å². The summed E-state index contributed by atoms with van der Waals surface area (Å²) in [5.41, 5.74) is 4.78. The number of ether oxygens (including phenoxy) is 1. The lowest BCUT2D eigenvalue weighted by Gasteiger charge is -2.15. The smallest absolute Gasteiger partial charge is 0.407 e. The van der Waals surface area contributed by atoms with Gasteiger partial charge < -0.3 is 15.2 Å². The monoisotopic (exact) mass is 297 g/mol. The van der Waals surface area contributed by atoms with Crippen LogP contribution in [0.15, 0.2) is 48.5 Å². The average Bonchev–Trinajstić information content (AvgIpc) is 2.85. The van der Waals surface area contributed by atoms with Crippen LogP contribution in [0.25, 0.3) is 11.1 Å². The summed E-state index contributed by atoms with van der Waals surface area (Å²) in [7, 11) is 0. The molecule has 2 N–H and O–H groups in total. The molecule has 0 spiro atoms. The third-order valence-corrected chi connectivity index (χ3v) is 3.89. The van der Waals surface area contributed by atoms with E-state index in [2.05, 4.69) is 29.6 Å². The van der Waals surface area contributed by atoms with Gasteiger partial charge in [-0.2, -0.15) is 0 Å². The fourth-order valence-electron chi connectivity index (χ4n) is 2.88. The summed E-state index contributed by atoms with van der Waals surface area (Å²) in [4.78, 5) is 11.7. The van der Waals surface area contributed by atoms with Crippen LogP contribution in [0, 0.1) is 0 Å². The topological polar surface area (TPSA) is 58.6 Å². The van der Waals surface area contributed by atoms with Crippen LogP contribution in [-0.4, -0.2) is 30.5 Å². The SMILES string of the molecule is C[C@@H](O)CNC(=O)OCC1c2ccccc2-c2ccccc21. The molecular formula is C18H19NO3. The Kier molecular flexibility index (Phi) is 4.11. The first kappa shape index (κ1) is 14.6. The second kappa shape index (κ2) is 6.20. The Hall–Kier alpha value is -2.33. The van der Waals surface area contributed by atoms with Crippen LogP contribution in [0.2, 0.25) is 0 Å². The zero-order valence-corrected chi connectivity index (χ0v) is 12.5. The number of aliphatic hydroxyl groups excluding tert-OH is 1. The lowest BCUT2D eigenvalue weighted by molar-refractivity contribution is 0.132. The van der Waals surface area contributed by atoms with Crippen LogP contribution in [0.4, 0.5) is 4.79 Å². The van der Waals surface area contributed by atoms with Gasteiger partial charge >= 0.3 is 6.09 Å². The van der Waals surface area contributed by atoms with Gasteiger partial charge in [-0.3, -0.25) is 0 Å². The van der Waals surface area contributed by atoms with Crippen molar-refractivity contribution in [2.75, 3.05) is 13.2 Å². The number of rotatable bonds is 4. The van der Waals surface area contributed by atoms with E-state index in [1.165, 1.54) is 22.3 Å². The van der Waals surface area contributed by atoms with E-state index in [-0.39, 0.29) is 12.5 Å². The van der Waals surface area contributed by atoms with Crippen molar-refractivity contribution < 1.29 is 14.6 Å². The predicted octanol–water partition coefficient (Wildman–Crippen LogP) is 2.91. The Balaban J connectivity index is 1.75. The highest BCUT2D eigenvalue weighted by Gasteiger charge is 2.28. The number of aliphatic hydroxyl groups is 1. The van der Waals surface area contributed by atoms with Gasteiger partial charge in [-0.15, -0.1) is 0 Å². The van der Waals surface area contributed by atoms with Crippen LogP contribution in [0.5, 0.6) is 0 Å². The molecule has 0 aromatic heterocycles. The molecule has 1 amide bonds. The fourth-order valence-corrected chi connectivity index (χ4v) is 2.88. The minimum atomic E-state index is -0.583. The molecule has 114 valence electrons. The molecule has 0 radical (unpaired) electrons. The number of nitrogens with one attached hydrogen (secondary N) is 1. The summed E-state index contributed by atoms with van der Waals surface area (Å²) in [5.74, 6) is 0.0599. The Morgan fingerprint density at radius 1 is 1.14 bits per heavy atom. The highest BCUT2D eigenvalue weighted by molar-refractivity contribution is 5.79. The number of benzene rings is 2. The maximum Gasteiger partial charge on any atom is 0.407 e. The molecule has 0 saturated heterocycles. The summed E-state index contributed by atoms with van der Waals surface area (Å²) in [6, 6.07) is 16.4. The Labute approximate surface area is 129 Å². The largest absolute Gasteiger partial charge is 0.449 e. The number of fused-ring (bicyclic) bond motifs is 3. The first-order chi connectivity index (χ1) is 10.7. The molecule has 3 rings (SSSR count). The van der Waals surface area contributed by atoms with Crippen LogP contribution in [0.3, 0.4) is 0 Å². The van der Waals surface area contributed by atoms with Crippen molar-refractivity contribution in [3.63, 3.8) is 0 Å². The number of carbonyl (C=O) groups is 1. The third-order valence-electron chi connectivity index (χ3n) is 3.89. The predicted molar refractivity (Wildman–Crippen MR) is 84.8 cm³/mol. The maximum atomic E-state index is 11.7. The number of hydrogen-bond acceptors (Lipinski definition) is 3. The van der Waals surface area contributed by atoms with Gasteiger partial charge in [0.25, 0.3) is 0 Å². The van der Waals surface area contributed by atoms with E-state index in [1.807, 2.05) is 24.3 Å². The Bertz CT molecular complexity index is 636. The molecule has 0 saturated carbocycles. The van der Waals surface area contributed by atoms with Gasteiger partial charge in [0, 0.05) is 12.5 Å². The lowest BCUT2D eigenvalue weighted by atomic mass is 9.98. The first-order valence-corrected chi connectivity index (χ1v) is 7.43. The van der Waals surface area contributed by atoms with Crippen molar-refractivity contribution in [1.82, 2.24) is 5.32 Å². The minimum absolute atomic E-state index is 0.0599. The van der Waals surface area contributed by atoms with E-state index >= 15 is 0 Å². The zero-order chi connectivity index (χ0) is 15.5. The van der Waals surface area contributed by atoms with Crippen molar-refractivity contribution in [1.29, 1.82) is 0 Å². The highest BCUT2D eigenvalue weighted by atomic mass is 16.5. The van der Waals surface area contributed by atoms with Crippen molar-refractivity contribution in [3.8, 4) is 11.1 Å². The summed E-state index contributed by atoms with van der Waals surface area (Å²) in [5, 5.41) is 11.7. The molecule has 4 nitrogen and oxygen atoms in total. The normalized spacial score (nSPS) is 14.1. The van der Waals surface area contributed by atoms with Crippen LogP contribution >= 0.6 is 0 Å². The quantitative estimate of drug-likeness (QED) is 0.912. The van der Waals surface area contributed by atoms with Gasteiger partial charge in [-0.1, -0.05) is 48.5 Å². The maximum absolute atomic E-state index is 11.7. The number of hydrogen-bond donors (Lipinski definition) is 2. The van der Waals surface area contributed by atoms with E-state index in [1.54, 1.807) is 6.92 Å². The van der Waals surface area contributed by atoms with E-state index in [0.717, 1.165) is 0 Å². The van der Waals surface area contributed by atoms with Gasteiger partial charge in [0.1, 0.15) is 6.61 Å². The summed E-state index contributed by atoms with van der Waals surface area (Å²) >= 11 is 0. The molecule has 1 aliphatic carbocycles. The molecule has 0 unspecified atom stereocenters. The number of carbonyl (C=O) groups excluding carboxylic acids is 1. The second-order valence-corrected chi connectivity index (χ2v) is 5.56. The molecule has 1 aliphatic rings. The summed E-state index contributed by atoms with van der Waals surface area (Å²) in [6.45, 7) is 2.10. The Morgan fingerprint density at radius 3 is 2.23 bits per heavy atom. The second-order valence-electron chi connectivity index (χ2n) is 5.56.